The van der Waals surface area contributed by atoms with E-state index in [-0.39, 0.29) is 4.83 Å². The average molecular weight is 372 g/mol. The summed E-state index contributed by atoms with van der Waals surface area (Å²) in [5.41, 5.74) is 3.81. The molecule has 0 radical (unpaired) electrons. The summed E-state index contributed by atoms with van der Waals surface area (Å²) in [6.07, 6.45) is 1.06. The van der Waals surface area contributed by atoms with Crippen molar-refractivity contribution < 1.29 is 4.74 Å². The van der Waals surface area contributed by atoms with E-state index in [2.05, 4.69) is 40.2 Å². The largest absolute Gasteiger partial charge is 0.495 e. The first-order valence-corrected chi connectivity index (χ1v) is 8.03. The van der Waals surface area contributed by atoms with Gasteiger partial charge in [-0.25, -0.2) is 0 Å². The summed E-state index contributed by atoms with van der Waals surface area (Å²) in [4.78, 5) is 0.160. The minimum absolute atomic E-state index is 0.160. The average Bonchev–Trinajstić information content (AvgIpc) is 2.42. The second kappa shape index (κ2) is 5.59. The van der Waals surface area contributed by atoms with Gasteiger partial charge in [0.25, 0.3) is 0 Å². The number of alkyl halides is 1. The Hall–Kier alpha value is -0.700. The van der Waals surface area contributed by atoms with Crippen LogP contribution in [0.3, 0.4) is 0 Å². The maximum atomic E-state index is 6.36. The number of hydrogen-bond acceptors (Lipinski definition) is 1. The zero-order valence-electron chi connectivity index (χ0n) is 10.9. The van der Waals surface area contributed by atoms with Crippen molar-refractivity contribution in [2.75, 3.05) is 7.11 Å². The van der Waals surface area contributed by atoms with Gasteiger partial charge in [-0.3, -0.25) is 0 Å². The third kappa shape index (κ3) is 2.34. The van der Waals surface area contributed by atoms with Crippen LogP contribution in [0.15, 0.2) is 36.4 Å². The number of methoxy groups -OCH3 is 1. The molecule has 3 rings (SSSR count). The van der Waals surface area contributed by atoms with Gasteiger partial charge in [0.1, 0.15) is 5.75 Å². The van der Waals surface area contributed by atoms with Gasteiger partial charge in [0.15, 0.2) is 0 Å². The van der Waals surface area contributed by atoms with E-state index in [1.807, 2.05) is 6.07 Å². The molecule has 0 amide bonds. The Morgan fingerprint density at radius 1 is 1.20 bits per heavy atom. The lowest BCUT2D eigenvalue weighted by molar-refractivity contribution is 0.415. The molecule has 2 atom stereocenters. The third-order valence-corrected chi connectivity index (χ3v) is 5.57. The van der Waals surface area contributed by atoms with Crippen LogP contribution in [0, 0.1) is 0 Å². The molecule has 0 saturated heterocycles. The lowest BCUT2D eigenvalue weighted by Gasteiger charge is -2.34. The van der Waals surface area contributed by atoms with Crippen molar-refractivity contribution in [1.82, 2.24) is 0 Å². The Bertz CT molecular complexity index is 657. The highest BCUT2D eigenvalue weighted by molar-refractivity contribution is 9.09. The smallest absolute Gasteiger partial charge is 0.138 e. The number of halogens is 3. The molecule has 1 aliphatic carbocycles. The van der Waals surface area contributed by atoms with Gasteiger partial charge in [-0.1, -0.05) is 63.4 Å². The quantitative estimate of drug-likeness (QED) is 0.621. The predicted octanol–water partition coefficient (Wildman–Crippen LogP) is 5.78. The van der Waals surface area contributed by atoms with Crippen molar-refractivity contribution in [1.29, 1.82) is 0 Å². The molecular formula is C16H13BrCl2O. The molecule has 104 valence electrons. The first kappa shape index (κ1) is 14.2. The second-order valence-corrected chi connectivity index (χ2v) is 6.72. The fourth-order valence-corrected chi connectivity index (χ4v) is 4.19. The molecule has 1 aliphatic rings. The summed E-state index contributed by atoms with van der Waals surface area (Å²) in [6.45, 7) is 0. The summed E-state index contributed by atoms with van der Waals surface area (Å²) in [6, 6.07) is 12.2. The number of hydrogen-bond donors (Lipinski definition) is 0. The van der Waals surface area contributed by atoms with Crippen LogP contribution in [0.2, 0.25) is 10.0 Å². The van der Waals surface area contributed by atoms with Crippen LogP contribution in [0.4, 0.5) is 0 Å². The number of benzene rings is 2. The fourth-order valence-electron chi connectivity index (χ4n) is 2.69. The van der Waals surface area contributed by atoms with E-state index in [1.54, 1.807) is 13.2 Å². The van der Waals surface area contributed by atoms with Gasteiger partial charge >= 0.3 is 0 Å². The molecule has 0 heterocycles. The molecular weight excluding hydrogens is 359 g/mol. The van der Waals surface area contributed by atoms with Crippen LogP contribution in [0.1, 0.15) is 27.4 Å². The van der Waals surface area contributed by atoms with Crippen molar-refractivity contribution in [2.24, 2.45) is 0 Å². The maximum Gasteiger partial charge on any atom is 0.138 e. The van der Waals surface area contributed by atoms with Crippen molar-refractivity contribution in [2.45, 2.75) is 17.2 Å². The highest BCUT2D eigenvalue weighted by Crippen LogP contribution is 2.50. The fraction of sp³-hybridized carbons (Fsp3) is 0.250. The van der Waals surface area contributed by atoms with Crippen molar-refractivity contribution >= 4 is 39.1 Å². The van der Waals surface area contributed by atoms with E-state index in [0.29, 0.717) is 21.7 Å². The van der Waals surface area contributed by atoms with Crippen molar-refractivity contribution in [3.8, 4) is 5.75 Å². The Morgan fingerprint density at radius 3 is 2.65 bits per heavy atom. The minimum Gasteiger partial charge on any atom is -0.495 e. The van der Waals surface area contributed by atoms with E-state index >= 15 is 0 Å². The standard InChI is InChI=1S/C16H13BrCl2O/c1-20-15-8-13(18)12(7-14(15)19)16(17)11-6-9-4-2-3-5-10(9)11/h2-5,7-8,11,16H,6H2,1H3. The molecule has 0 aliphatic heterocycles. The molecule has 4 heteroatoms. The molecule has 0 spiro atoms. The van der Waals surface area contributed by atoms with Gasteiger partial charge in [0.05, 0.1) is 12.1 Å². The van der Waals surface area contributed by atoms with Gasteiger partial charge in [0, 0.05) is 21.8 Å². The maximum absolute atomic E-state index is 6.36. The van der Waals surface area contributed by atoms with Gasteiger partial charge in [-0.15, -0.1) is 0 Å². The van der Waals surface area contributed by atoms with E-state index in [1.165, 1.54) is 11.1 Å². The van der Waals surface area contributed by atoms with E-state index in [4.69, 9.17) is 27.9 Å². The lowest BCUT2D eigenvalue weighted by atomic mass is 9.74. The molecule has 20 heavy (non-hydrogen) atoms. The van der Waals surface area contributed by atoms with E-state index in [9.17, 15) is 0 Å². The summed E-state index contributed by atoms with van der Waals surface area (Å²) in [5.74, 6) is 1.04. The van der Waals surface area contributed by atoms with Crippen molar-refractivity contribution in [3.63, 3.8) is 0 Å². The molecule has 1 nitrogen and oxygen atoms in total. The zero-order chi connectivity index (χ0) is 14.3. The molecule has 0 bridgehead atoms. The van der Waals surface area contributed by atoms with E-state index < -0.39 is 0 Å². The molecule has 0 N–H and O–H groups in total. The number of rotatable bonds is 3. The SMILES string of the molecule is COc1cc(Cl)c(C(Br)C2Cc3ccccc32)cc1Cl. The molecule has 0 saturated carbocycles. The van der Waals surface area contributed by atoms with Crippen LogP contribution in [-0.2, 0) is 6.42 Å². The summed E-state index contributed by atoms with van der Waals surface area (Å²) >= 11 is 16.3. The van der Waals surface area contributed by atoms with Crippen LogP contribution >= 0.6 is 39.1 Å². The van der Waals surface area contributed by atoms with Gasteiger partial charge in [-0.2, -0.15) is 0 Å². The highest BCUT2D eigenvalue weighted by atomic mass is 79.9. The zero-order valence-corrected chi connectivity index (χ0v) is 14.0. The summed E-state index contributed by atoms with van der Waals surface area (Å²) < 4.78 is 5.19. The van der Waals surface area contributed by atoms with Crippen LogP contribution in [-0.4, -0.2) is 7.11 Å². The number of fused-ring (bicyclic) bond motifs is 1. The molecule has 2 unspecified atom stereocenters. The Kier molecular flexibility index (Phi) is 3.98. The Morgan fingerprint density at radius 2 is 1.95 bits per heavy atom. The molecule has 0 aromatic heterocycles. The van der Waals surface area contributed by atoms with Gasteiger partial charge in [0.2, 0.25) is 0 Å². The van der Waals surface area contributed by atoms with Crippen LogP contribution in [0.25, 0.3) is 0 Å². The minimum atomic E-state index is 0.160. The van der Waals surface area contributed by atoms with Crippen molar-refractivity contribution in [3.05, 3.63) is 63.1 Å². The van der Waals surface area contributed by atoms with E-state index in [0.717, 1.165) is 12.0 Å². The highest BCUT2D eigenvalue weighted by Gasteiger charge is 2.33. The Balaban J connectivity index is 1.93. The molecule has 0 fully saturated rings. The summed E-state index contributed by atoms with van der Waals surface area (Å²) in [5, 5.41) is 1.27. The molecule has 2 aromatic rings. The lowest BCUT2D eigenvalue weighted by Crippen LogP contribution is -2.21. The second-order valence-electron chi connectivity index (χ2n) is 4.92. The van der Waals surface area contributed by atoms with Gasteiger partial charge < -0.3 is 4.74 Å². The first-order valence-electron chi connectivity index (χ1n) is 6.36. The van der Waals surface area contributed by atoms with Gasteiger partial charge in [-0.05, 0) is 29.2 Å². The Labute approximate surface area is 137 Å². The topological polar surface area (TPSA) is 9.23 Å². The van der Waals surface area contributed by atoms with Crippen LogP contribution < -0.4 is 4.74 Å². The third-order valence-electron chi connectivity index (χ3n) is 3.82. The van der Waals surface area contributed by atoms with Crippen LogP contribution in [0.5, 0.6) is 5.75 Å². The monoisotopic (exact) mass is 370 g/mol. The molecule has 2 aromatic carbocycles. The predicted molar refractivity (Wildman–Crippen MR) is 87.6 cm³/mol. The first-order chi connectivity index (χ1) is 9.61. The number of ether oxygens (including phenoxy) is 1. The normalized spacial score (nSPS) is 18.1. The summed E-state index contributed by atoms with van der Waals surface area (Å²) in [7, 11) is 1.59.